The Hall–Kier alpha value is -2.37. The molecule has 0 bridgehead atoms. The van der Waals surface area contributed by atoms with Gasteiger partial charge in [0.2, 0.25) is 0 Å². The van der Waals surface area contributed by atoms with E-state index in [0.717, 1.165) is 28.4 Å². The molecule has 0 aliphatic carbocycles. The lowest BCUT2D eigenvalue weighted by Gasteiger charge is -2.10. The van der Waals surface area contributed by atoms with E-state index < -0.39 is 0 Å². The molecule has 2 aromatic carbocycles. The van der Waals surface area contributed by atoms with Crippen molar-refractivity contribution in [2.75, 3.05) is 20.8 Å². The molecule has 0 fully saturated rings. The van der Waals surface area contributed by atoms with Crippen LogP contribution in [0.25, 0.3) is 10.6 Å². The number of para-hydroxylation sites is 2. The van der Waals surface area contributed by atoms with Gasteiger partial charge in [-0.15, -0.1) is 11.3 Å². The molecular formula is C19H19NO3S. The summed E-state index contributed by atoms with van der Waals surface area (Å²) < 4.78 is 16.3. The first-order chi connectivity index (χ1) is 11.8. The zero-order valence-corrected chi connectivity index (χ0v) is 14.5. The van der Waals surface area contributed by atoms with Gasteiger partial charge in [-0.05, 0) is 36.4 Å². The number of thiazole rings is 1. The van der Waals surface area contributed by atoms with Crippen LogP contribution in [-0.2, 0) is 11.2 Å². The molecule has 5 heteroatoms. The quantitative estimate of drug-likeness (QED) is 0.619. The van der Waals surface area contributed by atoms with Crippen molar-refractivity contribution in [3.63, 3.8) is 0 Å². The summed E-state index contributed by atoms with van der Waals surface area (Å²) in [7, 11) is 3.34. The second-order valence-electron chi connectivity index (χ2n) is 5.16. The van der Waals surface area contributed by atoms with Gasteiger partial charge in [0.1, 0.15) is 10.8 Å². The van der Waals surface area contributed by atoms with Crippen LogP contribution in [0.1, 0.15) is 5.69 Å². The summed E-state index contributed by atoms with van der Waals surface area (Å²) in [6, 6.07) is 15.5. The van der Waals surface area contributed by atoms with Crippen molar-refractivity contribution in [2.24, 2.45) is 0 Å². The van der Waals surface area contributed by atoms with Gasteiger partial charge in [-0.25, -0.2) is 4.98 Å². The number of hydrogen-bond donors (Lipinski definition) is 0. The van der Waals surface area contributed by atoms with E-state index in [1.165, 1.54) is 0 Å². The second kappa shape index (κ2) is 7.95. The molecule has 0 atom stereocenters. The first-order valence-corrected chi connectivity index (χ1v) is 8.53. The van der Waals surface area contributed by atoms with E-state index in [9.17, 15) is 0 Å². The number of hydrogen-bond acceptors (Lipinski definition) is 5. The molecule has 0 radical (unpaired) electrons. The van der Waals surface area contributed by atoms with Crippen molar-refractivity contribution >= 4 is 11.3 Å². The van der Waals surface area contributed by atoms with Crippen molar-refractivity contribution in [2.45, 2.75) is 6.42 Å². The zero-order valence-electron chi connectivity index (χ0n) is 13.7. The molecule has 124 valence electrons. The Kier molecular flexibility index (Phi) is 5.46. The fourth-order valence-corrected chi connectivity index (χ4v) is 3.12. The smallest absolute Gasteiger partial charge is 0.169 e. The van der Waals surface area contributed by atoms with E-state index in [1.807, 2.05) is 48.5 Å². The molecule has 1 heterocycles. The number of methoxy groups -OCH3 is 2. The van der Waals surface area contributed by atoms with Crippen LogP contribution >= 0.6 is 11.3 Å². The minimum Gasteiger partial charge on any atom is -0.493 e. The average molecular weight is 341 g/mol. The highest BCUT2D eigenvalue weighted by Gasteiger charge is 2.07. The first-order valence-electron chi connectivity index (χ1n) is 7.65. The normalized spacial score (nSPS) is 10.6. The molecule has 0 unspecified atom stereocenters. The van der Waals surface area contributed by atoms with Gasteiger partial charge in [0.25, 0.3) is 0 Å². The third-order valence-corrected chi connectivity index (χ3v) is 4.45. The molecule has 1 aromatic heterocycles. The van der Waals surface area contributed by atoms with Crippen LogP contribution in [0.4, 0.5) is 0 Å². The molecule has 4 nitrogen and oxygen atoms in total. The van der Waals surface area contributed by atoms with Crippen molar-refractivity contribution in [1.29, 1.82) is 0 Å². The molecule has 3 aromatic rings. The van der Waals surface area contributed by atoms with Crippen LogP contribution in [0, 0.1) is 0 Å². The highest BCUT2D eigenvalue weighted by atomic mass is 32.1. The maximum atomic E-state index is 5.89. The van der Waals surface area contributed by atoms with Gasteiger partial charge < -0.3 is 14.2 Å². The minimum absolute atomic E-state index is 0.689. The molecule has 3 rings (SSSR count). The number of ether oxygens (including phenoxy) is 3. The Labute approximate surface area is 145 Å². The maximum Gasteiger partial charge on any atom is 0.169 e. The predicted octanol–water partition coefficient (Wildman–Crippen LogP) is 4.80. The molecule has 0 saturated heterocycles. The third-order valence-electron chi connectivity index (χ3n) is 3.51. The largest absolute Gasteiger partial charge is 0.493 e. The Balaban J connectivity index is 1.72. The Morgan fingerprint density at radius 2 is 1.71 bits per heavy atom. The van der Waals surface area contributed by atoms with Gasteiger partial charge in [-0.1, -0.05) is 12.1 Å². The second-order valence-corrected chi connectivity index (χ2v) is 6.02. The minimum atomic E-state index is 0.689. The summed E-state index contributed by atoms with van der Waals surface area (Å²) in [6.45, 7) is 0.689. The fraction of sp³-hybridized carbons (Fsp3) is 0.211. The fourth-order valence-electron chi connectivity index (χ4n) is 2.26. The third kappa shape index (κ3) is 3.93. The summed E-state index contributed by atoms with van der Waals surface area (Å²) >= 11 is 1.64. The van der Waals surface area contributed by atoms with Crippen LogP contribution < -0.4 is 9.47 Å². The summed E-state index contributed by atoms with van der Waals surface area (Å²) in [6.07, 6.45) is 0.835. The lowest BCUT2D eigenvalue weighted by Crippen LogP contribution is -1.94. The number of rotatable bonds is 7. The zero-order chi connectivity index (χ0) is 16.8. The van der Waals surface area contributed by atoms with Gasteiger partial charge in [0, 0.05) is 24.5 Å². The summed E-state index contributed by atoms with van der Waals surface area (Å²) in [5.74, 6) is 2.17. The molecule has 24 heavy (non-hydrogen) atoms. The SMILES string of the molecule is COCCc1csc(-c2ccc(Oc3ccccc3OC)cc2)n1. The summed E-state index contributed by atoms with van der Waals surface area (Å²) in [5.41, 5.74) is 2.14. The van der Waals surface area contributed by atoms with E-state index in [-0.39, 0.29) is 0 Å². The van der Waals surface area contributed by atoms with Crippen molar-refractivity contribution in [1.82, 2.24) is 4.98 Å². The average Bonchev–Trinajstić information content (AvgIpc) is 3.10. The van der Waals surface area contributed by atoms with E-state index in [0.29, 0.717) is 18.1 Å². The molecular weight excluding hydrogens is 322 g/mol. The lowest BCUT2D eigenvalue weighted by molar-refractivity contribution is 0.201. The first kappa shape index (κ1) is 16.5. The van der Waals surface area contributed by atoms with Crippen molar-refractivity contribution in [3.05, 3.63) is 59.6 Å². The van der Waals surface area contributed by atoms with Gasteiger partial charge in [0.05, 0.1) is 19.4 Å². The van der Waals surface area contributed by atoms with E-state index in [4.69, 9.17) is 14.2 Å². The van der Waals surface area contributed by atoms with Crippen LogP contribution in [-0.4, -0.2) is 25.8 Å². The van der Waals surface area contributed by atoms with Crippen LogP contribution in [0.5, 0.6) is 17.2 Å². The van der Waals surface area contributed by atoms with Crippen LogP contribution in [0.3, 0.4) is 0 Å². The van der Waals surface area contributed by atoms with Crippen molar-refractivity contribution in [3.8, 4) is 27.8 Å². The monoisotopic (exact) mass is 341 g/mol. The molecule has 0 amide bonds. The molecule has 0 N–H and O–H groups in total. The van der Waals surface area contributed by atoms with Gasteiger partial charge >= 0.3 is 0 Å². The number of aromatic nitrogens is 1. The Morgan fingerprint density at radius 3 is 2.42 bits per heavy atom. The Morgan fingerprint density at radius 1 is 0.958 bits per heavy atom. The highest BCUT2D eigenvalue weighted by Crippen LogP contribution is 2.32. The van der Waals surface area contributed by atoms with Gasteiger partial charge in [-0.3, -0.25) is 0 Å². The predicted molar refractivity (Wildman–Crippen MR) is 96.2 cm³/mol. The topological polar surface area (TPSA) is 40.6 Å². The molecule has 0 spiro atoms. The van der Waals surface area contributed by atoms with Gasteiger partial charge in [0.15, 0.2) is 11.5 Å². The summed E-state index contributed by atoms with van der Waals surface area (Å²) in [4.78, 5) is 4.64. The van der Waals surface area contributed by atoms with E-state index in [2.05, 4.69) is 10.4 Å². The number of benzene rings is 2. The highest BCUT2D eigenvalue weighted by molar-refractivity contribution is 7.13. The molecule has 0 saturated carbocycles. The van der Waals surface area contributed by atoms with E-state index >= 15 is 0 Å². The molecule has 0 aliphatic heterocycles. The van der Waals surface area contributed by atoms with Gasteiger partial charge in [-0.2, -0.15) is 0 Å². The Bertz CT molecular complexity index is 783. The molecule has 0 aliphatic rings. The standard InChI is InChI=1S/C19H19NO3S/c1-21-12-11-15-13-24-19(20-15)14-7-9-16(10-8-14)23-18-6-4-3-5-17(18)22-2/h3-10,13H,11-12H2,1-2H3. The maximum absolute atomic E-state index is 5.89. The van der Waals surface area contributed by atoms with Crippen LogP contribution in [0.2, 0.25) is 0 Å². The summed E-state index contributed by atoms with van der Waals surface area (Å²) in [5, 5.41) is 3.08. The van der Waals surface area contributed by atoms with Crippen LogP contribution in [0.15, 0.2) is 53.9 Å². The van der Waals surface area contributed by atoms with Crippen molar-refractivity contribution < 1.29 is 14.2 Å². The van der Waals surface area contributed by atoms with E-state index in [1.54, 1.807) is 25.6 Å². The number of nitrogens with zero attached hydrogens (tertiary/aromatic N) is 1. The lowest BCUT2D eigenvalue weighted by atomic mass is 10.2.